The fourth-order valence-electron chi connectivity index (χ4n) is 7.24. The highest BCUT2D eigenvalue weighted by Crippen LogP contribution is 2.31. The molecule has 0 bridgehead atoms. The minimum atomic E-state index is -0.874. The topological polar surface area (TPSA) is 178 Å². The first-order chi connectivity index (χ1) is 34.4. The average molecular weight is 998 g/mol. The van der Waals surface area contributed by atoms with E-state index >= 15 is 0 Å². The van der Waals surface area contributed by atoms with E-state index in [4.69, 9.17) is 0 Å². The molecule has 10 aromatic rings. The maximum atomic E-state index is 14.2. The zero-order chi connectivity index (χ0) is 52.6. The Balaban J connectivity index is 0.000000146. The Bertz CT molecular complexity index is 3750. The number of nitrogens with one attached hydrogen (secondary N) is 2. The van der Waals surface area contributed by atoms with Gasteiger partial charge in [0.05, 0.1) is 40.5 Å². The lowest BCUT2D eigenvalue weighted by Gasteiger charge is -2.15. The summed E-state index contributed by atoms with van der Waals surface area (Å²) in [4.78, 5) is 12.3. The molecule has 7 aromatic heterocycles. The van der Waals surface area contributed by atoms with Crippen LogP contribution in [0.15, 0.2) is 97.2 Å². The molecule has 21 heteroatoms. The molecule has 73 heavy (non-hydrogen) atoms. The molecule has 0 saturated heterocycles. The van der Waals surface area contributed by atoms with Gasteiger partial charge in [-0.2, -0.15) is 24.3 Å². The standard InChI is InChI=1S/C18H16F2N6.C17H16F2N4O.C17H14F2N4/c1-18(2,3)17-24-22-15-7-6-14(25-26(15)17)12-9-21-23-16(12)11-5-4-10(19)8-13(11)20;1-17(2,3)16-21-20-15-7-5-11(22-23(15)16)9-14(24)12-6-4-10(18)8-13(12)19;1-17(2,3)16-21-20-15-9-8-13(22-23(15)16)7-5-11-4-6-12(18)10-14(11)19/h4-9H,1-3H3,(H,21,23,25);4-8H,9H2,1-3H3;4,6,8-10H,1-3H3/p+1. The van der Waals surface area contributed by atoms with Crippen LogP contribution in [0, 0.1) is 46.7 Å². The minimum absolute atomic E-state index is 0.0970. The number of aromatic amines is 2. The monoisotopic (exact) mass is 997 g/mol. The van der Waals surface area contributed by atoms with Gasteiger partial charge in [0.15, 0.2) is 28.7 Å². The van der Waals surface area contributed by atoms with E-state index in [0.717, 1.165) is 30.1 Å². The van der Waals surface area contributed by atoms with Gasteiger partial charge in [0.2, 0.25) is 0 Å². The number of carbonyl (C=O) groups is 1. The van der Waals surface area contributed by atoms with Gasteiger partial charge in [-0.05, 0) is 72.7 Å². The van der Waals surface area contributed by atoms with Gasteiger partial charge in [-0.1, -0.05) is 68.2 Å². The number of carbonyl (C=O) groups excluding carboxylic acids is 1. The van der Waals surface area contributed by atoms with Crippen LogP contribution in [0.1, 0.15) is 107 Å². The zero-order valence-corrected chi connectivity index (χ0v) is 41.0. The Morgan fingerprint density at radius 1 is 0.603 bits per heavy atom. The van der Waals surface area contributed by atoms with Gasteiger partial charge in [0.1, 0.15) is 46.3 Å². The van der Waals surface area contributed by atoms with Crippen molar-refractivity contribution in [1.82, 2.24) is 65.1 Å². The van der Waals surface area contributed by atoms with Crippen LogP contribution >= 0.6 is 0 Å². The fraction of sp³-hybridized carbons (Fsp3) is 0.250. The maximum absolute atomic E-state index is 14.2. The number of halogens is 6. The van der Waals surface area contributed by atoms with Gasteiger partial charge in [-0.25, -0.2) is 26.3 Å². The molecular formula is C52H47F6N14O+. The van der Waals surface area contributed by atoms with Crippen molar-refractivity contribution in [3.63, 3.8) is 0 Å². The van der Waals surface area contributed by atoms with Crippen LogP contribution in [0.4, 0.5) is 26.3 Å². The van der Waals surface area contributed by atoms with Gasteiger partial charge in [-0.15, -0.1) is 35.1 Å². The van der Waals surface area contributed by atoms with Crippen LogP contribution in [0.25, 0.3) is 39.5 Å². The van der Waals surface area contributed by atoms with E-state index in [-0.39, 0.29) is 39.4 Å². The van der Waals surface area contributed by atoms with Crippen molar-refractivity contribution in [3.8, 4) is 34.4 Å². The molecule has 0 fully saturated rings. The van der Waals surface area contributed by atoms with E-state index in [1.807, 2.05) is 47.6 Å². The number of benzene rings is 3. The maximum Gasteiger partial charge on any atom is 0.325 e. The van der Waals surface area contributed by atoms with Gasteiger partial charge in [-0.3, -0.25) is 9.89 Å². The average Bonchev–Trinajstić information content (AvgIpc) is 4.14. The predicted molar refractivity (Wildman–Crippen MR) is 257 cm³/mol. The summed E-state index contributed by atoms with van der Waals surface area (Å²) in [6, 6.07) is 20.0. The van der Waals surface area contributed by atoms with Crippen molar-refractivity contribution in [3.05, 3.63) is 172 Å². The van der Waals surface area contributed by atoms with Crippen molar-refractivity contribution >= 4 is 22.7 Å². The number of rotatable bonds is 5. The molecule has 0 radical (unpaired) electrons. The van der Waals surface area contributed by atoms with Crippen molar-refractivity contribution in [2.75, 3.05) is 0 Å². The second-order valence-electron chi connectivity index (χ2n) is 19.8. The van der Waals surface area contributed by atoms with Gasteiger partial charge in [0, 0.05) is 51.3 Å². The Hall–Kier alpha value is -8.67. The Labute approximate surface area is 413 Å². The van der Waals surface area contributed by atoms with E-state index in [1.54, 1.807) is 50.1 Å². The molecular weight excluding hydrogens is 951 g/mol. The molecule has 2 N–H and O–H groups in total. The number of H-pyrrole nitrogens is 2. The van der Waals surface area contributed by atoms with E-state index in [1.165, 1.54) is 24.3 Å². The smallest absolute Gasteiger partial charge is 0.294 e. The number of fused-ring (bicyclic) bond motifs is 3. The number of ketones is 1. The fourth-order valence-corrected chi connectivity index (χ4v) is 7.24. The molecule has 0 amide bonds. The van der Waals surface area contributed by atoms with E-state index in [0.29, 0.717) is 63.0 Å². The summed E-state index contributed by atoms with van der Waals surface area (Å²) in [6.45, 7) is 18.1. The molecule has 10 rings (SSSR count). The summed E-state index contributed by atoms with van der Waals surface area (Å²) in [7, 11) is 0. The third-order valence-electron chi connectivity index (χ3n) is 10.9. The number of hydrogen-bond acceptors (Lipinski definition) is 10. The summed E-state index contributed by atoms with van der Waals surface area (Å²) >= 11 is 0. The molecule has 372 valence electrons. The SMILES string of the molecule is CC(C)(C)c1[nH]nc2ccc(-c3cn[nH]c3-c3ccc(F)cc3F)n[n+]12.CC(C)(C)c1nnc2ccc(C#Cc3ccc(F)cc3F)nn12.CC(C)(C)c1nnc2ccc(CC(=O)c3ccc(F)cc3F)nn12. The number of hydrogen-bond donors (Lipinski definition) is 2. The van der Waals surface area contributed by atoms with Gasteiger partial charge < -0.3 is 0 Å². The lowest BCUT2D eigenvalue weighted by atomic mass is 9.96. The Morgan fingerprint density at radius 2 is 1.21 bits per heavy atom. The van der Waals surface area contributed by atoms with Crippen LogP contribution in [0.5, 0.6) is 0 Å². The first-order valence-corrected chi connectivity index (χ1v) is 22.6. The summed E-state index contributed by atoms with van der Waals surface area (Å²) in [6.07, 6.45) is 1.48. The van der Waals surface area contributed by atoms with Crippen LogP contribution in [-0.2, 0) is 22.7 Å². The lowest BCUT2D eigenvalue weighted by molar-refractivity contribution is -0.592. The molecule has 0 aliphatic carbocycles. The highest BCUT2D eigenvalue weighted by Gasteiger charge is 2.29. The highest BCUT2D eigenvalue weighted by atomic mass is 19.2. The Kier molecular flexibility index (Phi) is 13.8. The van der Waals surface area contributed by atoms with Gasteiger partial charge in [0.25, 0.3) is 5.82 Å². The van der Waals surface area contributed by atoms with Crippen LogP contribution in [0.3, 0.4) is 0 Å². The molecule has 0 atom stereocenters. The summed E-state index contributed by atoms with van der Waals surface area (Å²) in [5.41, 5.74) is 3.96. The number of aromatic nitrogens is 14. The summed E-state index contributed by atoms with van der Waals surface area (Å²) in [5, 5.41) is 43.9. The van der Waals surface area contributed by atoms with Gasteiger partial charge >= 0.3 is 5.65 Å². The molecule has 0 aliphatic rings. The second-order valence-corrected chi connectivity index (χ2v) is 19.8. The molecule has 0 spiro atoms. The normalized spacial score (nSPS) is 11.8. The van der Waals surface area contributed by atoms with Crippen molar-refractivity contribution < 1.29 is 35.7 Å². The first kappa shape index (κ1) is 50.7. The zero-order valence-electron chi connectivity index (χ0n) is 41.0. The Morgan fingerprint density at radius 3 is 1.82 bits per heavy atom. The van der Waals surface area contributed by atoms with E-state index < -0.39 is 40.7 Å². The van der Waals surface area contributed by atoms with E-state index in [9.17, 15) is 31.1 Å². The minimum Gasteiger partial charge on any atom is -0.294 e. The summed E-state index contributed by atoms with van der Waals surface area (Å²) < 4.78 is 85.5. The predicted octanol–water partition coefficient (Wildman–Crippen LogP) is 9.40. The molecule has 15 nitrogen and oxygen atoms in total. The largest absolute Gasteiger partial charge is 0.325 e. The molecule has 0 saturated carbocycles. The van der Waals surface area contributed by atoms with E-state index in [2.05, 4.69) is 88.7 Å². The van der Waals surface area contributed by atoms with Crippen LogP contribution in [0.2, 0.25) is 0 Å². The van der Waals surface area contributed by atoms with Crippen molar-refractivity contribution in [2.45, 2.75) is 85.0 Å². The molecule has 3 aromatic carbocycles. The first-order valence-electron chi connectivity index (χ1n) is 22.6. The van der Waals surface area contributed by atoms with Crippen molar-refractivity contribution in [1.29, 1.82) is 0 Å². The number of Topliss-reactive ketones (excluding diaryl/α,β-unsaturated/α-hetero) is 1. The third kappa shape index (κ3) is 11.3. The van der Waals surface area contributed by atoms with Crippen LogP contribution in [-0.4, -0.2) is 70.9 Å². The molecule has 7 heterocycles. The lowest BCUT2D eigenvalue weighted by Crippen LogP contribution is -2.36. The summed E-state index contributed by atoms with van der Waals surface area (Å²) in [5.74, 6) is 2.98. The third-order valence-corrected chi connectivity index (χ3v) is 10.9. The highest BCUT2D eigenvalue weighted by molar-refractivity contribution is 5.97. The molecule has 0 aliphatic heterocycles. The quantitative estimate of drug-likeness (QED) is 0.0731. The second kappa shape index (κ2) is 19.9. The van der Waals surface area contributed by atoms with Crippen LogP contribution < -0.4 is 4.52 Å². The number of nitrogens with zero attached hydrogens (tertiary/aromatic N) is 12. The van der Waals surface area contributed by atoms with Crippen molar-refractivity contribution in [2.24, 2.45) is 0 Å². The molecule has 0 unspecified atom stereocenters.